The molecule has 0 saturated carbocycles. The van der Waals surface area contributed by atoms with Crippen LogP contribution in [0, 0.1) is 3.95 Å². The lowest BCUT2D eigenvalue weighted by atomic mass is 10.2. The number of fused-ring (bicyclic) bond motifs is 1. The van der Waals surface area contributed by atoms with E-state index in [1.807, 2.05) is 39.8 Å². The van der Waals surface area contributed by atoms with Crippen molar-refractivity contribution in [2.75, 3.05) is 33.1 Å². The van der Waals surface area contributed by atoms with Crippen molar-refractivity contribution in [1.82, 2.24) is 19.0 Å². The first-order valence-corrected chi connectivity index (χ1v) is 13.6. The molecule has 1 amide bonds. The molecule has 1 saturated heterocycles. The number of amides is 1. The molecule has 0 unspecified atom stereocenters. The van der Waals surface area contributed by atoms with Crippen LogP contribution in [0.3, 0.4) is 0 Å². The lowest BCUT2D eigenvalue weighted by Crippen LogP contribution is -2.29. The van der Waals surface area contributed by atoms with Gasteiger partial charge in [-0.05, 0) is 49.3 Å². The van der Waals surface area contributed by atoms with Gasteiger partial charge in [0, 0.05) is 24.8 Å². The zero-order valence-corrected chi connectivity index (χ0v) is 22.3. The first-order chi connectivity index (χ1) is 17.5. The van der Waals surface area contributed by atoms with E-state index in [1.165, 1.54) is 27.7 Å². The molecule has 8 nitrogen and oxygen atoms in total. The van der Waals surface area contributed by atoms with E-state index in [9.17, 15) is 9.59 Å². The predicted molar refractivity (Wildman–Crippen MR) is 145 cm³/mol. The maximum Gasteiger partial charge on any atom is 0.278 e. The number of para-hydroxylation sites is 1. The van der Waals surface area contributed by atoms with Crippen molar-refractivity contribution < 1.29 is 14.3 Å². The molecular weight excluding hydrogens is 517 g/mol. The largest absolute Gasteiger partial charge is 0.493 e. The van der Waals surface area contributed by atoms with Gasteiger partial charge in [-0.2, -0.15) is 0 Å². The summed E-state index contributed by atoms with van der Waals surface area (Å²) in [6.07, 6.45) is 2.04. The second-order valence-electron chi connectivity index (χ2n) is 8.14. The quantitative estimate of drug-likeness (QED) is 0.191. The average molecular weight is 541 g/mol. The molecule has 1 aliphatic rings. The van der Waals surface area contributed by atoms with Gasteiger partial charge in [-0.25, -0.2) is 4.98 Å². The van der Waals surface area contributed by atoms with Gasteiger partial charge in [0.05, 0.1) is 25.7 Å². The number of thiazole rings is 1. The van der Waals surface area contributed by atoms with Gasteiger partial charge in [-0.1, -0.05) is 41.3 Å². The molecular formula is C25H24N4O4S3. The molecule has 0 radical (unpaired) electrons. The minimum atomic E-state index is -0.255. The molecule has 0 atom stereocenters. The second kappa shape index (κ2) is 10.5. The number of carbonyl (C=O) groups excluding carboxylic acids is 1. The standard InChI is InChI=1S/C25H24N4O4S3/c1-32-18-11-10-17(14-19(18)33-2)29-23(31)21-22(28(25(34)36-21)16-8-4-3-5-9-16)26-24(29)35-15-20(30)27-12-6-7-13-27/h3-5,8-11,14H,6-7,12-13,15H2,1-2H3. The van der Waals surface area contributed by atoms with Crippen LogP contribution in [0.15, 0.2) is 58.5 Å². The summed E-state index contributed by atoms with van der Waals surface area (Å²) in [7, 11) is 3.10. The lowest BCUT2D eigenvalue weighted by Gasteiger charge is -2.17. The van der Waals surface area contributed by atoms with E-state index >= 15 is 0 Å². The highest BCUT2D eigenvalue weighted by Gasteiger charge is 2.23. The normalized spacial score (nSPS) is 13.3. The number of benzene rings is 2. The Morgan fingerprint density at radius 3 is 2.44 bits per heavy atom. The third-order valence-corrected chi connectivity index (χ3v) is 8.27. The van der Waals surface area contributed by atoms with Gasteiger partial charge in [0.1, 0.15) is 4.70 Å². The molecule has 36 heavy (non-hydrogen) atoms. The molecule has 0 aliphatic carbocycles. The summed E-state index contributed by atoms with van der Waals surface area (Å²) in [4.78, 5) is 33.5. The van der Waals surface area contributed by atoms with Crippen molar-refractivity contribution in [2.45, 2.75) is 18.0 Å². The smallest absolute Gasteiger partial charge is 0.278 e. The van der Waals surface area contributed by atoms with Gasteiger partial charge in [0.2, 0.25) is 5.91 Å². The number of hydrogen-bond donors (Lipinski definition) is 0. The molecule has 2 aromatic heterocycles. The van der Waals surface area contributed by atoms with Gasteiger partial charge in [0.15, 0.2) is 26.3 Å². The van der Waals surface area contributed by atoms with Gasteiger partial charge < -0.3 is 14.4 Å². The Hall–Kier alpha value is -3.15. The van der Waals surface area contributed by atoms with Gasteiger partial charge >= 0.3 is 0 Å². The maximum absolute atomic E-state index is 13.9. The molecule has 5 rings (SSSR count). The fraction of sp³-hybridized carbons (Fsp3) is 0.280. The number of thioether (sulfide) groups is 1. The van der Waals surface area contributed by atoms with Crippen LogP contribution in [-0.4, -0.2) is 58.0 Å². The first-order valence-electron chi connectivity index (χ1n) is 11.4. The highest BCUT2D eigenvalue weighted by Crippen LogP contribution is 2.32. The number of carbonyl (C=O) groups is 1. The molecule has 1 fully saturated rings. The molecule has 3 heterocycles. The zero-order valence-electron chi connectivity index (χ0n) is 19.8. The van der Waals surface area contributed by atoms with E-state index < -0.39 is 0 Å². The lowest BCUT2D eigenvalue weighted by molar-refractivity contribution is -0.127. The van der Waals surface area contributed by atoms with E-state index in [1.54, 1.807) is 32.4 Å². The van der Waals surface area contributed by atoms with Crippen LogP contribution in [-0.2, 0) is 4.79 Å². The molecule has 1 aliphatic heterocycles. The molecule has 0 spiro atoms. The fourth-order valence-corrected chi connectivity index (χ4v) is 6.42. The van der Waals surface area contributed by atoms with Crippen LogP contribution in [0.5, 0.6) is 11.5 Å². The van der Waals surface area contributed by atoms with Crippen LogP contribution in [0.25, 0.3) is 21.7 Å². The van der Waals surface area contributed by atoms with E-state index in [-0.39, 0.29) is 17.2 Å². The van der Waals surface area contributed by atoms with Crippen LogP contribution in [0.1, 0.15) is 12.8 Å². The number of ether oxygens (including phenoxy) is 2. The van der Waals surface area contributed by atoms with Gasteiger partial charge in [0.25, 0.3) is 5.56 Å². The van der Waals surface area contributed by atoms with E-state index in [0.717, 1.165) is 31.6 Å². The van der Waals surface area contributed by atoms with Crippen molar-refractivity contribution in [1.29, 1.82) is 0 Å². The van der Waals surface area contributed by atoms with E-state index in [2.05, 4.69) is 0 Å². The Bertz CT molecular complexity index is 1540. The molecule has 4 aromatic rings. The van der Waals surface area contributed by atoms with Crippen LogP contribution in [0.2, 0.25) is 0 Å². The number of nitrogens with zero attached hydrogens (tertiary/aromatic N) is 4. The summed E-state index contributed by atoms with van der Waals surface area (Å²) in [5.74, 6) is 1.26. The maximum atomic E-state index is 13.9. The summed E-state index contributed by atoms with van der Waals surface area (Å²) in [5.41, 5.74) is 1.62. The Kier molecular flexibility index (Phi) is 7.13. The minimum absolute atomic E-state index is 0.0379. The third kappa shape index (κ3) is 4.54. The van der Waals surface area contributed by atoms with Crippen molar-refractivity contribution >= 4 is 51.6 Å². The molecule has 11 heteroatoms. The number of hydrogen-bond acceptors (Lipinski definition) is 8. The van der Waals surface area contributed by atoms with Crippen molar-refractivity contribution in [3.63, 3.8) is 0 Å². The number of aromatic nitrogens is 3. The summed E-state index contributed by atoms with van der Waals surface area (Å²) < 4.78 is 15.1. The Labute approximate surface area is 221 Å². The Morgan fingerprint density at radius 1 is 1.03 bits per heavy atom. The summed E-state index contributed by atoms with van der Waals surface area (Å²) in [6.45, 7) is 1.54. The minimum Gasteiger partial charge on any atom is -0.493 e. The van der Waals surface area contributed by atoms with Crippen molar-refractivity contribution in [3.8, 4) is 22.9 Å². The van der Waals surface area contributed by atoms with Gasteiger partial charge in [-0.3, -0.25) is 18.7 Å². The summed E-state index contributed by atoms with van der Waals surface area (Å²) >= 11 is 8.11. The number of rotatable bonds is 7. The zero-order chi connectivity index (χ0) is 25.2. The fourth-order valence-electron chi connectivity index (χ4n) is 4.21. The SMILES string of the molecule is COc1ccc(-n2c(SCC(=O)N3CCCC3)nc3c(sc(=S)n3-c3ccccc3)c2=O)cc1OC. The second-order valence-corrected chi connectivity index (χ2v) is 10.7. The Balaban J connectivity index is 1.68. The average Bonchev–Trinajstić information content (AvgIpc) is 3.56. The molecule has 2 aromatic carbocycles. The highest BCUT2D eigenvalue weighted by molar-refractivity contribution is 7.99. The predicted octanol–water partition coefficient (Wildman–Crippen LogP) is 4.70. The van der Waals surface area contributed by atoms with Crippen molar-refractivity contribution in [3.05, 3.63) is 62.8 Å². The van der Waals surface area contributed by atoms with E-state index in [4.69, 9.17) is 26.7 Å². The Morgan fingerprint density at radius 2 is 1.75 bits per heavy atom. The summed E-state index contributed by atoms with van der Waals surface area (Å²) in [6, 6.07) is 14.8. The third-order valence-electron chi connectivity index (χ3n) is 6.00. The molecule has 186 valence electrons. The van der Waals surface area contributed by atoms with Crippen LogP contribution in [0.4, 0.5) is 0 Å². The first kappa shape index (κ1) is 24.5. The van der Waals surface area contributed by atoms with Gasteiger partial charge in [-0.15, -0.1) is 0 Å². The monoisotopic (exact) mass is 540 g/mol. The van der Waals surface area contributed by atoms with E-state index in [0.29, 0.717) is 36.6 Å². The van der Waals surface area contributed by atoms with Crippen LogP contribution >= 0.6 is 35.3 Å². The highest BCUT2D eigenvalue weighted by atomic mass is 32.2. The summed E-state index contributed by atoms with van der Waals surface area (Å²) in [5, 5.41) is 0.407. The topological polar surface area (TPSA) is 78.6 Å². The molecule has 0 N–H and O–H groups in total. The number of likely N-dealkylation sites (tertiary alicyclic amines) is 1. The van der Waals surface area contributed by atoms with Crippen molar-refractivity contribution in [2.24, 2.45) is 0 Å². The number of methoxy groups -OCH3 is 2. The molecule has 0 bridgehead atoms. The van der Waals surface area contributed by atoms with Crippen LogP contribution < -0.4 is 15.0 Å².